The van der Waals surface area contributed by atoms with E-state index in [0.29, 0.717) is 24.1 Å². The molecule has 0 bridgehead atoms. The number of rotatable bonds is 4. The number of benzene rings is 2. The van der Waals surface area contributed by atoms with Gasteiger partial charge in [-0.3, -0.25) is 9.69 Å². The Kier molecular flexibility index (Phi) is 7.61. The number of nitrogens with one attached hydrogen (secondary N) is 2. The number of hydrogen-bond acceptors (Lipinski definition) is 5. The van der Waals surface area contributed by atoms with E-state index >= 15 is 0 Å². The predicted molar refractivity (Wildman–Crippen MR) is 145 cm³/mol. The third-order valence-corrected chi connectivity index (χ3v) is 8.39. The number of thioether (sulfide) groups is 1. The fraction of sp³-hybridized carbons (Fsp3) is 0.393. The van der Waals surface area contributed by atoms with E-state index in [4.69, 9.17) is 0 Å². The molecule has 2 aromatic carbocycles. The van der Waals surface area contributed by atoms with Gasteiger partial charge in [0.1, 0.15) is 0 Å². The first-order valence-electron chi connectivity index (χ1n) is 12.9. The van der Waals surface area contributed by atoms with Gasteiger partial charge < -0.3 is 10.6 Å². The number of alkyl halides is 3. The molecule has 1 fully saturated rings. The molecule has 2 heterocycles. The first kappa shape index (κ1) is 27.1. The van der Waals surface area contributed by atoms with Gasteiger partial charge in [0.05, 0.1) is 17.3 Å². The molecule has 7 nitrogen and oxygen atoms in total. The molecule has 2 aliphatic heterocycles. The molecule has 11 heteroatoms. The van der Waals surface area contributed by atoms with Crippen LogP contribution in [0.5, 0.6) is 0 Å². The number of nitrogens with zero attached hydrogens (tertiary/aromatic N) is 2. The fourth-order valence-corrected chi connectivity index (χ4v) is 6.48. The van der Waals surface area contributed by atoms with Crippen LogP contribution < -0.4 is 15.5 Å². The average Bonchev–Trinajstić information content (AvgIpc) is 2.92. The number of Topliss-reactive ketones (excluding diaryl/α,β-unsaturated/α-hetero) is 1. The first-order valence-corrected chi connectivity index (χ1v) is 14.1. The second kappa shape index (κ2) is 11.0. The molecule has 206 valence electrons. The third-order valence-electron chi connectivity index (χ3n) is 7.34. The summed E-state index contributed by atoms with van der Waals surface area (Å²) in [6.45, 7) is 0. The minimum atomic E-state index is -4.62. The van der Waals surface area contributed by atoms with Gasteiger partial charge >= 0.3 is 18.2 Å². The zero-order valence-corrected chi connectivity index (χ0v) is 22.2. The number of hydrogen-bond donors (Lipinski definition) is 2. The summed E-state index contributed by atoms with van der Waals surface area (Å²) in [4.78, 5) is 43.6. The van der Waals surface area contributed by atoms with Crippen LogP contribution in [0.4, 0.5) is 34.1 Å². The Hall–Kier alpha value is -3.47. The van der Waals surface area contributed by atoms with Gasteiger partial charge in [-0.2, -0.15) is 24.9 Å². The van der Waals surface area contributed by atoms with Crippen molar-refractivity contribution in [2.75, 3.05) is 28.8 Å². The predicted octanol–water partition coefficient (Wildman–Crippen LogP) is 6.34. The number of amides is 4. The van der Waals surface area contributed by atoms with Gasteiger partial charge in [-0.15, -0.1) is 0 Å². The lowest BCUT2D eigenvalue weighted by molar-refractivity contribution is -0.137. The maximum atomic E-state index is 14.2. The van der Waals surface area contributed by atoms with Crippen LogP contribution in [0.1, 0.15) is 49.3 Å². The summed E-state index contributed by atoms with van der Waals surface area (Å²) < 4.78 is 40.8. The fourth-order valence-electron chi connectivity index (χ4n) is 5.38. The molecule has 2 N–H and O–H groups in total. The summed E-state index contributed by atoms with van der Waals surface area (Å²) in [6, 6.07) is 8.95. The molecular weight excluding hydrogens is 529 g/mol. The van der Waals surface area contributed by atoms with Gasteiger partial charge in [0.15, 0.2) is 5.78 Å². The number of carbonyl (C=O) groups excluding carboxylic acids is 3. The Balaban J connectivity index is 1.66. The van der Waals surface area contributed by atoms with Crippen LogP contribution in [0.3, 0.4) is 0 Å². The molecule has 2 aromatic rings. The summed E-state index contributed by atoms with van der Waals surface area (Å²) in [5.74, 6) is 1.52. The number of carbonyl (C=O) groups is 3. The van der Waals surface area contributed by atoms with Crippen molar-refractivity contribution in [1.29, 1.82) is 0 Å². The maximum absolute atomic E-state index is 14.2. The molecule has 1 aliphatic carbocycles. The van der Waals surface area contributed by atoms with Crippen LogP contribution in [0, 0.1) is 0 Å². The van der Waals surface area contributed by atoms with E-state index in [1.54, 1.807) is 43.1 Å². The lowest BCUT2D eigenvalue weighted by Gasteiger charge is -2.44. The zero-order chi connectivity index (χ0) is 27.7. The number of ketones is 1. The van der Waals surface area contributed by atoms with Crippen LogP contribution >= 0.6 is 11.8 Å². The summed E-state index contributed by atoms with van der Waals surface area (Å²) in [7, 11) is 1.76. The van der Waals surface area contributed by atoms with Crippen LogP contribution in [-0.4, -0.2) is 47.3 Å². The smallest absolute Gasteiger partial charge is 0.388 e. The molecule has 4 amide bonds. The summed E-state index contributed by atoms with van der Waals surface area (Å²) >= 11 is 1.79. The first-order chi connectivity index (χ1) is 18.7. The van der Waals surface area contributed by atoms with Gasteiger partial charge in [-0.25, -0.2) is 14.5 Å². The number of anilines is 2. The standard InChI is InChI=1S/C28H29F3N4O3S/c1-32-19-10-8-17(9-11-19)25-24-22(6-3-7-23(24)36)34(21-5-2-4-18(16-21)28(29,30)31)27(38)35(25)26(37)33-20-12-14-39-15-13-20/h2,4-5,8-11,16,20,25,32H,3,6-7,12-15H2,1H3,(H,33,37). The van der Waals surface area contributed by atoms with Gasteiger partial charge in [0.2, 0.25) is 0 Å². The molecule has 0 saturated carbocycles. The van der Waals surface area contributed by atoms with E-state index in [9.17, 15) is 27.6 Å². The molecule has 1 atom stereocenters. The maximum Gasteiger partial charge on any atom is 0.416 e. The number of imide groups is 1. The average molecular weight is 559 g/mol. The molecule has 1 saturated heterocycles. The molecule has 3 aliphatic rings. The van der Waals surface area contributed by atoms with Crippen molar-refractivity contribution in [2.45, 2.75) is 50.4 Å². The largest absolute Gasteiger partial charge is 0.416 e. The highest BCUT2D eigenvalue weighted by Gasteiger charge is 2.48. The summed E-state index contributed by atoms with van der Waals surface area (Å²) in [5, 5.41) is 5.98. The molecule has 0 radical (unpaired) electrons. The quantitative estimate of drug-likeness (QED) is 0.458. The lowest BCUT2D eigenvalue weighted by atomic mass is 9.83. The second-order valence-electron chi connectivity index (χ2n) is 9.78. The van der Waals surface area contributed by atoms with E-state index in [1.807, 2.05) is 0 Å². The minimum absolute atomic E-state index is 0.0344. The normalized spacial score (nSPS) is 20.7. The zero-order valence-electron chi connectivity index (χ0n) is 21.4. The van der Waals surface area contributed by atoms with Crippen molar-refractivity contribution in [3.05, 3.63) is 70.9 Å². The molecule has 1 unspecified atom stereocenters. The van der Waals surface area contributed by atoms with Crippen molar-refractivity contribution in [2.24, 2.45) is 0 Å². The molecule has 39 heavy (non-hydrogen) atoms. The molecule has 0 aromatic heterocycles. The topological polar surface area (TPSA) is 81.8 Å². The van der Waals surface area contributed by atoms with Gasteiger partial charge in [-0.1, -0.05) is 18.2 Å². The highest BCUT2D eigenvalue weighted by molar-refractivity contribution is 7.99. The van der Waals surface area contributed by atoms with Crippen molar-refractivity contribution in [1.82, 2.24) is 10.2 Å². The van der Waals surface area contributed by atoms with Gasteiger partial charge in [0, 0.05) is 36.5 Å². The number of urea groups is 2. The monoisotopic (exact) mass is 558 g/mol. The van der Waals surface area contributed by atoms with Gasteiger partial charge in [-0.05, 0) is 73.1 Å². The van der Waals surface area contributed by atoms with Crippen LogP contribution in [0.25, 0.3) is 0 Å². The van der Waals surface area contributed by atoms with Crippen molar-refractivity contribution < 1.29 is 27.6 Å². The second-order valence-corrected chi connectivity index (χ2v) is 11.0. The SMILES string of the molecule is CNc1ccc(C2C3=C(CCCC3=O)N(c3cccc(C(F)(F)F)c3)C(=O)N2C(=O)NC2CCSCC2)cc1. The Bertz CT molecular complexity index is 1310. The van der Waals surface area contributed by atoms with E-state index < -0.39 is 29.8 Å². The highest BCUT2D eigenvalue weighted by atomic mass is 32.2. The summed E-state index contributed by atoms with van der Waals surface area (Å²) in [5.41, 5.74) is 1.04. The van der Waals surface area contributed by atoms with Crippen molar-refractivity contribution in [3.8, 4) is 0 Å². The third kappa shape index (κ3) is 5.36. The minimum Gasteiger partial charge on any atom is -0.388 e. The van der Waals surface area contributed by atoms with Crippen LogP contribution in [0.15, 0.2) is 59.8 Å². The number of halogens is 3. The Morgan fingerprint density at radius 1 is 1.03 bits per heavy atom. The lowest BCUT2D eigenvalue weighted by Crippen LogP contribution is -2.58. The summed E-state index contributed by atoms with van der Waals surface area (Å²) in [6.07, 6.45) is -2.14. The molecule has 0 spiro atoms. The Morgan fingerprint density at radius 3 is 2.41 bits per heavy atom. The highest BCUT2D eigenvalue weighted by Crippen LogP contribution is 2.45. The van der Waals surface area contributed by atoms with Crippen molar-refractivity contribution in [3.63, 3.8) is 0 Å². The van der Waals surface area contributed by atoms with E-state index in [-0.39, 0.29) is 29.5 Å². The van der Waals surface area contributed by atoms with E-state index in [0.717, 1.165) is 52.0 Å². The van der Waals surface area contributed by atoms with Gasteiger partial charge in [0.25, 0.3) is 0 Å². The van der Waals surface area contributed by atoms with Crippen molar-refractivity contribution >= 4 is 41.0 Å². The van der Waals surface area contributed by atoms with E-state index in [1.165, 1.54) is 12.1 Å². The molecule has 5 rings (SSSR count). The Labute approximate surface area is 228 Å². The van der Waals surface area contributed by atoms with Crippen LogP contribution in [0.2, 0.25) is 0 Å². The number of allylic oxidation sites excluding steroid dienone is 1. The molecular formula is C28H29F3N4O3S. The van der Waals surface area contributed by atoms with E-state index in [2.05, 4.69) is 10.6 Å². The Morgan fingerprint density at radius 2 is 1.74 bits per heavy atom. The van der Waals surface area contributed by atoms with Crippen LogP contribution in [-0.2, 0) is 11.0 Å².